The molecule has 0 radical (unpaired) electrons. The van der Waals surface area contributed by atoms with Crippen molar-refractivity contribution in [3.63, 3.8) is 0 Å². The van der Waals surface area contributed by atoms with Crippen LogP contribution in [0.2, 0.25) is 0 Å². The number of rotatable bonds is 2. The summed E-state index contributed by atoms with van der Waals surface area (Å²) in [6.45, 7) is 8.64. The lowest BCUT2D eigenvalue weighted by atomic mass is 9.99. The fourth-order valence-electron chi connectivity index (χ4n) is 2.80. The molecule has 0 N–H and O–H groups in total. The van der Waals surface area contributed by atoms with Crippen LogP contribution in [0.5, 0.6) is 0 Å². The number of aryl methyl sites for hydroxylation is 2. The van der Waals surface area contributed by atoms with Gasteiger partial charge in [-0.2, -0.15) is 5.10 Å². The van der Waals surface area contributed by atoms with Crippen LogP contribution in [-0.2, 0) is 11.8 Å². The van der Waals surface area contributed by atoms with Crippen LogP contribution < -0.4 is 0 Å². The fraction of sp³-hybridized carbons (Fsp3) is 0.421. The Kier molecular flexibility index (Phi) is 4.37. The average molecular weight is 340 g/mol. The predicted molar refractivity (Wildman–Crippen MR) is 97.0 cm³/mol. The van der Waals surface area contributed by atoms with Gasteiger partial charge in [-0.25, -0.2) is 4.79 Å². The average Bonchev–Trinajstić information content (AvgIpc) is 3.14. The first-order chi connectivity index (χ1) is 11.7. The van der Waals surface area contributed by atoms with Crippen molar-refractivity contribution in [2.24, 2.45) is 7.05 Å². The molecule has 0 fully saturated rings. The molecule has 0 saturated carbocycles. The molecule has 132 valence electrons. The maximum atomic E-state index is 12.3. The lowest BCUT2D eigenvalue weighted by Gasteiger charge is -2.24. The van der Waals surface area contributed by atoms with Gasteiger partial charge in [0.05, 0.1) is 5.69 Å². The largest absolute Gasteiger partial charge is 0.444 e. The number of nitrogens with zero attached hydrogens (tertiary/aromatic N) is 4. The van der Waals surface area contributed by atoms with Gasteiger partial charge in [-0.1, -0.05) is 6.08 Å². The number of carbonyl (C=O) groups is 1. The van der Waals surface area contributed by atoms with E-state index in [1.165, 1.54) is 0 Å². The van der Waals surface area contributed by atoms with Gasteiger partial charge in [0.1, 0.15) is 5.60 Å². The monoisotopic (exact) mass is 340 g/mol. The van der Waals surface area contributed by atoms with Crippen LogP contribution in [0.15, 0.2) is 30.6 Å². The highest BCUT2D eigenvalue weighted by Gasteiger charge is 2.27. The van der Waals surface area contributed by atoms with Crippen molar-refractivity contribution in [3.8, 4) is 11.3 Å². The maximum Gasteiger partial charge on any atom is 0.410 e. The van der Waals surface area contributed by atoms with Gasteiger partial charge in [0, 0.05) is 49.4 Å². The van der Waals surface area contributed by atoms with E-state index >= 15 is 0 Å². The van der Waals surface area contributed by atoms with Crippen molar-refractivity contribution in [3.05, 3.63) is 41.9 Å². The quantitative estimate of drug-likeness (QED) is 0.840. The number of pyridine rings is 1. The second-order valence-electron chi connectivity index (χ2n) is 7.34. The van der Waals surface area contributed by atoms with E-state index in [4.69, 9.17) is 4.74 Å². The summed E-state index contributed by atoms with van der Waals surface area (Å²) in [6, 6.07) is 4.02. The Morgan fingerprint density at radius 2 is 2.04 bits per heavy atom. The SMILES string of the molecule is Cc1cc(-c2ccn(C)n2)c(C2=CCN(C(=O)OC(C)(C)C)C2)cn1. The molecule has 3 rings (SSSR count). The standard InChI is InChI=1S/C19H24N4O2/c1-13-10-15(17-7-8-22(5)21-17)16(11-20-13)14-6-9-23(12-14)18(24)25-19(2,3)4/h6-8,10-11H,9,12H2,1-5H3. The molecule has 1 aliphatic heterocycles. The minimum atomic E-state index is -0.496. The first-order valence-corrected chi connectivity index (χ1v) is 8.37. The van der Waals surface area contributed by atoms with Gasteiger partial charge in [0.2, 0.25) is 0 Å². The van der Waals surface area contributed by atoms with Crippen LogP contribution in [0, 0.1) is 6.92 Å². The molecule has 0 bridgehead atoms. The molecule has 3 heterocycles. The van der Waals surface area contributed by atoms with E-state index in [-0.39, 0.29) is 6.09 Å². The van der Waals surface area contributed by atoms with Crippen molar-refractivity contribution in [2.45, 2.75) is 33.3 Å². The fourth-order valence-corrected chi connectivity index (χ4v) is 2.80. The number of amides is 1. The minimum Gasteiger partial charge on any atom is -0.444 e. The van der Waals surface area contributed by atoms with Crippen molar-refractivity contribution in [1.82, 2.24) is 19.7 Å². The summed E-state index contributed by atoms with van der Waals surface area (Å²) in [5.74, 6) is 0. The third-order valence-corrected chi connectivity index (χ3v) is 3.95. The molecule has 6 heteroatoms. The van der Waals surface area contributed by atoms with E-state index in [0.717, 1.165) is 28.1 Å². The zero-order valence-corrected chi connectivity index (χ0v) is 15.4. The van der Waals surface area contributed by atoms with Crippen molar-refractivity contribution in [1.29, 1.82) is 0 Å². The van der Waals surface area contributed by atoms with Crippen LogP contribution in [0.1, 0.15) is 32.0 Å². The van der Waals surface area contributed by atoms with E-state index in [1.807, 2.05) is 59.3 Å². The summed E-state index contributed by atoms with van der Waals surface area (Å²) in [5, 5.41) is 4.51. The first-order valence-electron chi connectivity index (χ1n) is 8.37. The molecule has 1 aliphatic rings. The summed E-state index contributed by atoms with van der Waals surface area (Å²) < 4.78 is 7.25. The number of carbonyl (C=O) groups excluding carboxylic acids is 1. The Bertz CT molecular complexity index is 830. The number of hydrogen-bond donors (Lipinski definition) is 0. The third-order valence-electron chi connectivity index (χ3n) is 3.95. The Labute approximate surface area is 148 Å². The Morgan fingerprint density at radius 1 is 1.28 bits per heavy atom. The van der Waals surface area contributed by atoms with Gasteiger partial charge < -0.3 is 9.64 Å². The van der Waals surface area contributed by atoms with Crippen LogP contribution in [0.25, 0.3) is 16.8 Å². The molecule has 0 saturated heterocycles. The van der Waals surface area contributed by atoms with Gasteiger partial charge in [-0.15, -0.1) is 0 Å². The zero-order valence-electron chi connectivity index (χ0n) is 15.4. The van der Waals surface area contributed by atoms with Crippen LogP contribution in [-0.4, -0.2) is 44.4 Å². The molecular weight excluding hydrogens is 316 g/mol. The smallest absolute Gasteiger partial charge is 0.410 e. The van der Waals surface area contributed by atoms with Crippen LogP contribution in [0.3, 0.4) is 0 Å². The summed E-state index contributed by atoms with van der Waals surface area (Å²) in [7, 11) is 1.90. The molecule has 0 aromatic carbocycles. The van der Waals surface area contributed by atoms with Crippen LogP contribution in [0.4, 0.5) is 4.79 Å². The van der Waals surface area contributed by atoms with E-state index in [0.29, 0.717) is 13.1 Å². The lowest BCUT2D eigenvalue weighted by Crippen LogP contribution is -2.35. The van der Waals surface area contributed by atoms with Crippen molar-refractivity contribution < 1.29 is 9.53 Å². The van der Waals surface area contributed by atoms with Crippen molar-refractivity contribution >= 4 is 11.7 Å². The van der Waals surface area contributed by atoms with Gasteiger partial charge in [-0.3, -0.25) is 9.67 Å². The van der Waals surface area contributed by atoms with E-state index in [9.17, 15) is 4.79 Å². The third kappa shape index (κ3) is 3.90. The Morgan fingerprint density at radius 3 is 2.68 bits per heavy atom. The molecule has 2 aromatic rings. The number of ether oxygens (including phenoxy) is 1. The van der Waals surface area contributed by atoms with Gasteiger partial charge in [0.25, 0.3) is 0 Å². The molecular formula is C19H24N4O2. The van der Waals surface area contributed by atoms with Crippen LogP contribution >= 0.6 is 0 Å². The highest BCUT2D eigenvalue weighted by Crippen LogP contribution is 2.31. The maximum absolute atomic E-state index is 12.3. The molecule has 25 heavy (non-hydrogen) atoms. The summed E-state index contributed by atoms with van der Waals surface area (Å²) in [5.41, 5.74) is 4.45. The highest BCUT2D eigenvalue weighted by molar-refractivity contribution is 5.84. The second-order valence-corrected chi connectivity index (χ2v) is 7.34. The topological polar surface area (TPSA) is 60.2 Å². The first kappa shape index (κ1) is 17.2. The van der Waals surface area contributed by atoms with Crippen molar-refractivity contribution in [2.75, 3.05) is 13.1 Å². The van der Waals surface area contributed by atoms with E-state index < -0.39 is 5.60 Å². The zero-order chi connectivity index (χ0) is 18.2. The minimum absolute atomic E-state index is 0.293. The Balaban J connectivity index is 1.85. The van der Waals surface area contributed by atoms with Gasteiger partial charge >= 0.3 is 6.09 Å². The normalized spacial score (nSPS) is 14.6. The molecule has 0 unspecified atom stereocenters. The van der Waals surface area contributed by atoms with Gasteiger partial charge in [0.15, 0.2) is 0 Å². The second kappa shape index (κ2) is 6.35. The number of hydrogen-bond acceptors (Lipinski definition) is 4. The molecule has 0 spiro atoms. The Hall–Kier alpha value is -2.63. The van der Waals surface area contributed by atoms with E-state index in [1.54, 1.807) is 9.58 Å². The molecule has 6 nitrogen and oxygen atoms in total. The molecule has 1 amide bonds. The predicted octanol–water partition coefficient (Wildman–Crippen LogP) is 3.42. The molecule has 0 atom stereocenters. The lowest BCUT2D eigenvalue weighted by molar-refractivity contribution is 0.0306. The molecule has 0 aliphatic carbocycles. The summed E-state index contributed by atoms with van der Waals surface area (Å²) in [6.07, 6.45) is 5.55. The number of aromatic nitrogens is 3. The summed E-state index contributed by atoms with van der Waals surface area (Å²) >= 11 is 0. The molecule has 2 aromatic heterocycles. The highest BCUT2D eigenvalue weighted by atomic mass is 16.6. The summed E-state index contributed by atoms with van der Waals surface area (Å²) in [4.78, 5) is 18.4. The van der Waals surface area contributed by atoms with Gasteiger partial charge in [-0.05, 0) is 45.4 Å². The van der Waals surface area contributed by atoms with E-state index in [2.05, 4.69) is 16.2 Å².